The molecule has 0 fully saturated rings. The molecule has 3 rings (SSSR count). The fourth-order valence-corrected chi connectivity index (χ4v) is 2.80. The number of amides is 1. The molecule has 0 aliphatic rings. The standard InChI is InChI=1S/C15H13N3O3S/c1-2-9(19)8-12(20)17-15-16-10-5-7-22-14(10)13(18-15)11-4-3-6-21-11/h3-7H,2,8H2,1H3,(H,16,17,18,20). The summed E-state index contributed by atoms with van der Waals surface area (Å²) in [7, 11) is 0. The molecule has 7 heteroatoms. The monoisotopic (exact) mass is 315 g/mol. The number of furan rings is 1. The maximum Gasteiger partial charge on any atom is 0.234 e. The smallest absolute Gasteiger partial charge is 0.234 e. The molecule has 0 unspecified atom stereocenters. The van der Waals surface area contributed by atoms with E-state index in [-0.39, 0.29) is 18.2 Å². The van der Waals surface area contributed by atoms with Gasteiger partial charge in [-0.05, 0) is 23.6 Å². The molecular weight excluding hydrogens is 302 g/mol. The summed E-state index contributed by atoms with van der Waals surface area (Å²) in [6, 6.07) is 5.42. The Morgan fingerprint density at radius 2 is 2.18 bits per heavy atom. The Bertz CT molecular complexity index is 824. The Morgan fingerprint density at radius 3 is 2.91 bits per heavy atom. The Balaban J connectivity index is 1.94. The molecule has 1 N–H and O–H groups in total. The van der Waals surface area contributed by atoms with Crippen LogP contribution in [-0.4, -0.2) is 21.7 Å². The summed E-state index contributed by atoms with van der Waals surface area (Å²) in [4.78, 5) is 31.8. The minimum Gasteiger partial charge on any atom is -0.463 e. The van der Waals surface area contributed by atoms with Crippen LogP contribution in [0, 0.1) is 0 Å². The summed E-state index contributed by atoms with van der Waals surface area (Å²) in [6.07, 6.45) is 1.72. The number of anilines is 1. The maximum absolute atomic E-state index is 11.8. The molecule has 0 saturated heterocycles. The summed E-state index contributed by atoms with van der Waals surface area (Å²) in [5.41, 5.74) is 1.35. The zero-order valence-corrected chi connectivity index (χ0v) is 12.6. The summed E-state index contributed by atoms with van der Waals surface area (Å²) < 4.78 is 6.28. The van der Waals surface area contributed by atoms with Crippen molar-refractivity contribution in [2.24, 2.45) is 0 Å². The van der Waals surface area contributed by atoms with Crippen molar-refractivity contribution in [1.82, 2.24) is 9.97 Å². The largest absolute Gasteiger partial charge is 0.463 e. The van der Waals surface area contributed by atoms with Crippen LogP contribution in [-0.2, 0) is 9.59 Å². The Morgan fingerprint density at radius 1 is 1.32 bits per heavy atom. The van der Waals surface area contributed by atoms with E-state index >= 15 is 0 Å². The fraction of sp³-hybridized carbons (Fsp3) is 0.200. The van der Waals surface area contributed by atoms with E-state index in [1.807, 2.05) is 11.4 Å². The molecule has 0 aliphatic heterocycles. The Hall–Kier alpha value is -2.54. The topological polar surface area (TPSA) is 85.1 Å². The molecule has 0 atom stereocenters. The number of rotatable bonds is 5. The highest BCUT2D eigenvalue weighted by Crippen LogP contribution is 2.31. The highest BCUT2D eigenvalue weighted by Gasteiger charge is 2.15. The van der Waals surface area contributed by atoms with Crippen molar-refractivity contribution in [3.63, 3.8) is 0 Å². The number of hydrogen-bond acceptors (Lipinski definition) is 6. The van der Waals surface area contributed by atoms with Crippen molar-refractivity contribution in [1.29, 1.82) is 0 Å². The summed E-state index contributed by atoms with van der Waals surface area (Å²) in [6.45, 7) is 1.72. The second-order valence-corrected chi connectivity index (χ2v) is 5.54. The minimum atomic E-state index is -0.410. The first-order chi connectivity index (χ1) is 10.7. The lowest BCUT2D eigenvalue weighted by Gasteiger charge is -2.05. The van der Waals surface area contributed by atoms with Gasteiger partial charge in [-0.3, -0.25) is 14.9 Å². The Labute approximate surface area is 130 Å². The molecule has 3 aromatic rings. The number of thiophene rings is 1. The van der Waals surface area contributed by atoms with Gasteiger partial charge in [-0.25, -0.2) is 9.97 Å². The highest BCUT2D eigenvalue weighted by atomic mass is 32.1. The molecule has 0 aliphatic carbocycles. The van der Waals surface area contributed by atoms with Crippen LogP contribution in [0.15, 0.2) is 34.3 Å². The van der Waals surface area contributed by atoms with Crippen molar-refractivity contribution in [2.45, 2.75) is 19.8 Å². The van der Waals surface area contributed by atoms with Gasteiger partial charge in [0.15, 0.2) is 5.76 Å². The molecule has 1 amide bonds. The second-order valence-electron chi connectivity index (χ2n) is 4.63. The molecule has 0 aromatic carbocycles. The van der Waals surface area contributed by atoms with Crippen molar-refractivity contribution in [3.8, 4) is 11.5 Å². The number of aromatic nitrogens is 2. The summed E-state index contributed by atoms with van der Waals surface area (Å²) >= 11 is 1.50. The first-order valence-electron chi connectivity index (χ1n) is 6.78. The van der Waals surface area contributed by atoms with Gasteiger partial charge < -0.3 is 4.42 Å². The predicted octanol–water partition coefficient (Wildman–Crippen LogP) is 3.26. The molecule has 6 nitrogen and oxygen atoms in total. The van der Waals surface area contributed by atoms with Crippen LogP contribution in [0.4, 0.5) is 5.95 Å². The van der Waals surface area contributed by atoms with Gasteiger partial charge in [-0.2, -0.15) is 0 Å². The highest BCUT2D eigenvalue weighted by molar-refractivity contribution is 7.17. The lowest BCUT2D eigenvalue weighted by molar-refractivity contribution is -0.125. The van der Waals surface area contributed by atoms with Gasteiger partial charge in [0.25, 0.3) is 0 Å². The molecule has 0 bridgehead atoms. The van der Waals surface area contributed by atoms with Gasteiger partial charge in [-0.15, -0.1) is 11.3 Å². The van der Waals surface area contributed by atoms with Gasteiger partial charge in [0.2, 0.25) is 11.9 Å². The predicted molar refractivity (Wildman–Crippen MR) is 83.7 cm³/mol. The van der Waals surface area contributed by atoms with Crippen molar-refractivity contribution < 1.29 is 14.0 Å². The second kappa shape index (κ2) is 6.07. The SMILES string of the molecule is CCC(=O)CC(=O)Nc1nc(-c2ccco2)c2sccc2n1. The zero-order valence-electron chi connectivity index (χ0n) is 11.8. The summed E-state index contributed by atoms with van der Waals surface area (Å²) in [5, 5.41) is 4.47. The number of nitrogens with zero attached hydrogens (tertiary/aromatic N) is 2. The van der Waals surface area contributed by atoms with Crippen LogP contribution < -0.4 is 5.32 Å². The van der Waals surface area contributed by atoms with E-state index in [1.165, 1.54) is 11.3 Å². The van der Waals surface area contributed by atoms with Crippen molar-refractivity contribution >= 4 is 39.2 Å². The van der Waals surface area contributed by atoms with Gasteiger partial charge in [0.05, 0.1) is 22.9 Å². The van der Waals surface area contributed by atoms with Gasteiger partial charge in [0, 0.05) is 6.42 Å². The zero-order chi connectivity index (χ0) is 15.5. The van der Waals surface area contributed by atoms with E-state index in [0.717, 1.165) is 10.2 Å². The lowest BCUT2D eigenvalue weighted by Crippen LogP contribution is -2.17. The third-order valence-electron chi connectivity index (χ3n) is 3.06. The number of fused-ring (bicyclic) bond motifs is 1. The fourth-order valence-electron chi connectivity index (χ4n) is 1.97. The van der Waals surface area contributed by atoms with Crippen LogP contribution >= 0.6 is 11.3 Å². The van der Waals surface area contributed by atoms with E-state index < -0.39 is 5.91 Å². The summed E-state index contributed by atoms with van der Waals surface area (Å²) in [5.74, 6) is 0.244. The number of ketones is 1. The number of carbonyl (C=O) groups excluding carboxylic acids is 2. The Kier molecular flexibility index (Phi) is 3.97. The van der Waals surface area contributed by atoms with Crippen LogP contribution in [0.25, 0.3) is 21.7 Å². The van der Waals surface area contributed by atoms with Crippen molar-refractivity contribution in [2.75, 3.05) is 5.32 Å². The molecule has 0 spiro atoms. The van der Waals surface area contributed by atoms with Gasteiger partial charge >= 0.3 is 0 Å². The molecule has 112 valence electrons. The molecule has 0 radical (unpaired) electrons. The van der Waals surface area contributed by atoms with Gasteiger partial charge in [-0.1, -0.05) is 6.92 Å². The molecular formula is C15H13N3O3S. The number of hydrogen-bond donors (Lipinski definition) is 1. The number of carbonyl (C=O) groups is 2. The minimum absolute atomic E-state index is 0.125. The van der Waals surface area contributed by atoms with E-state index in [9.17, 15) is 9.59 Å². The molecule has 3 aromatic heterocycles. The average molecular weight is 315 g/mol. The normalized spacial score (nSPS) is 10.8. The van der Waals surface area contributed by atoms with Crippen LogP contribution in [0.3, 0.4) is 0 Å². The van der Waals surface area contributed by atoms with E-state index in [1.54, 1.807) is 25.3 Å². The van der Waals surface area contributed by atoms with E-state index in [4.69, 9.17) is 4.42 Å². The third-order valence-corrected chi connectivity index (χ3v) is 3.97. The molecule has 22 heavy (non-hydrogen) atoms. The van der Waals surface area contributed by atoms with Crippen molar-refractivity contribution in [3.05, 3.63) is 29.8 Å². The van der Waals surface area contributed by atoms with Gasteiger partial charge in [0.1, 0.15) is 11.5 Å². The third kappa shape index (κ3) is 2.89. The molecule has 0 saturated carbocycles. The van der Waals surface area contributed by atoms with Crippen LogP contribution in [0.1, 0.15) is 19.8 Å². The quantitative estimate of drug-likeness (QED) is 0.730. The number of nitrogens with one attached hydrogen (secondary N) is 1. The van der Waals surface area contributed by atoms with Crippen LogP contribution in [0.2, 0.25) is 0 Å². The maximum atomic E-state index is 11.8. The lowest BCUT2D eigenvalue weighted by atomic mass is 10.2. The molecule has 3 heterocycles. The van der Waals surface area contributed by atoms with Crippen LogP contribution in [0.5, 0.6) is 0 Å². The average Bonchev–Trinajstić information content (AvgIpc) is 3.17. The number of Topliss-reactive ketones (excluding diaryl/α,β-unsaturated/α-hetero) is 1. The van der Waals surface area contributed by atoms with E-state index in [2.05, 4.69) is 15.3 Å². The first kappa shape index (κ1) is 14.4. The first-order valence-corrected chi connectivity index (χ1v) is 7.66. The van der Waals surface area contributed by atoms with E-state index in [0.29, 0.717) is 17.9 Å².